The molecule has 0 fully saturated rings. The summed E-state index contributed by atoms with van der Waals surface area (Å²) in [6.45, 7) is 7.32. The highest BCUT2D eigenvalue weighted by Gasteiger charge is 2.12. The van der Waals surface area contributed by atoms with Gasteiger partial charge in [-0.2, -0.15) is 0 Å². The van der Waals surface area contributed by atoms with Crippen LogP contribution in [0.15, 0.2) is 11.6 Å². The number of rotatable bonds is 5. The maximum Gasteiger partial charge on any atom is 0.0937 e. The molecule has 0 saturated carbocycles. The van der Waals surface area contributed by atoms with Crippen molar-refractivity contribution in [1.29, 1.82) is 0 Å². The van der Waals surface area contributed by atoms with Gasteiger partial charge in [-0.1, -0.05) is 0 Å². The molecule has 0 aliphatic heterocycles. The van der Waals surface area contributed by atoms with E-state index in [1.165, 1.54) is 15.6 Å². The molecule has 3 nitrogen and oxygen atoms in total. The Morgan fingerprint density at radius 1 is 1.41 bits per heavy atom. The zero-order valence-electron chi connectivity index (χ0n) is 10.4. The SMILES string of the molecule is Cc1nc(C(C)NCCc2nccs2)c(C)s1. The number of aromatic nitrogens is 2. The van der Waals surface area contributed by atoms with Crippen molar-refractivity contribution in [1.82, 2.24) is 15.3 Å². The Morgan fingerprint density at radius 2 is 2.24 bits per heavy atom. The Morgan fingerprint density at radius 3 is 2.82 bits per heavy atom. The van der Waals surface area contributed by atoms with E-state index < -0.39 is 0 Å². The van der Waals surface area contributed by atoms with Crippen molar-refractivity contribution in [2.45, 2.75) is 33.2 Å². The molecule has 5 heteroatoms. The van der Waals surface area contributed by atoms with E-state index in [2.05, 4.69) is 36.1 Å². The summed E-state index contributed by atoms with van der Waals surface area (Å²) in [7, 11) is 0. The third-order valence-electron chi connectivity index (χ3n) is 2.62. The van der Waals surface area contributed by atoms with Gasteiger partial charge >= 0.3 is 0 Å². The van der Waals surface area contributed by atoms with Crippen molar-refractivity contribution in [3.05, 3.63) is 32.2 Å². The molecule has 1 unspecified atom stereocenters. The molecule has 2 aromatic heterocycles. The van der Waals surface area contributed by atoms with E-state index in [1.807, 2.05) is 11.6 Å². The molecule has 2 rings (SSSR count). The van der Waals surface area contributed by atoms with Crippen LogP contribution >= 0.6 is 22.7 Å². The van der Waals surface area contributed by atoms with Gasteiger partial charge < -0.3 is 5.32 Å². The van der Waals surface area contributed by atoms with Gasteiger partial charge in [-0.25, -0.2) is 9.97 Å². The molecule has 2 heterocycles. The predicted molar refractivity (Wildman–Crippen MR) is 73.8 cm³/mol. The lowest BCUT2D eigenvalue weighted by atomic mass is 10.2. The summed E-state index contributed by atoms with van der Waals surface area (Å²) in [5, 5.41) is 7.86. The molecule has 0 amide bonds. The molecule has 0 radical (unpaired) electrons. The van der Waals surface area contributed by atoms with Crippen LogP contribution in [0.25, 0.3) is 0 Å². The topological polar surface area (TPSA) is 37.8 Å². The first kappa shape index (κ1) is 12.7. The molecule has 0 bridgehead atoms. The fraction of sp³-hybridized carbons (Fsp3) is 0.500. The van der Waals surface area contributed by atoms with Gasteiger partial charge in [0.2, 0.25) is 0 Å². The minimum absolute atomic E-state index is 0.319. The van der Waals surface area contributed by atoms with Gasteiger partial charge in [0.05, 0.1) is 15.7 Å². The lowest BCUT2D eigenvalue weighted by molar-refractivity contribution is 0.563. The normalized spacial score (nSPS) is 12.9. The molecule has 1 atom stereocenters. The van der Waals surface area contributed by atoms with Crippen LogP contribution in [0.2, 0.25) is 0 Å². The maximum absolute atomic E-state index is 4.57. The first-order chi connectivity index (χ1) is 8.16. The number of nitrogens with one attached hydrogen (secondary N) is 1. The van der Waals surface area contributed by atoms with Crippen molar-refractivity contribution in [2.75, 3.05) is 6.54 Å². The van der Waals surface area contributed by atoms with Crippen LogP contribution in [-0.4, -0.2) is 16.5 Å². The van der Waals surface area contributed by atoms with E-state index in [1.54, 1.807) is 22.7 Å². The van der Waals surface area contributed by atoms with Crippen LogP contribution < -0.4 is 5.32 Å². The fourth-order valence-electron chi connectivity index (χ4n) is 1.82. The fourth-order valence-corrected chi connectivity index (χ4v) is 3.35. The molecular formula is C12H17N3S2. The van der Waals surface area contributed by atoms with Crippen LogP contribution in [0, 0.1) is 13.8 Å². The second-order valence-corrected chi connectivity index (χ2v) is 6.41. The average molecular weight is 267 g/mol. The van der Waals surface area contributed by atoms with Gasteiger partial charge in [-0.15, -0.1) is 22.7 Å². The number of thiazole rings is 2. The summed E-state index contributed by atoms with van der Waals surface area (Å²) >= 11 is 3.48. The monoisotopic (exact) mass is 267 g/mol. The van der Waals surface area contributed by atoms with Crippen molar-refractivity contribution >= 4 is 22.7 Å². The number of hydrogen-bond donors (Lipinski definition) is 1. The highest BCUT2D eigenvalue weighted by Crippen LogP contribution is 2.22. The van der Waals surface area contributed by atoms with Crippen LogP contribution in [0.4, 0.5) is 0 Å². The number of nitrogens with zero attached hydrogens (tertiary/aromatic N) is 2. The van der Waals surface area contributed by atoms with E-state index in [0.29, 0.717) is 6.04 Å². The molecule has 0 saturated heterocycles. The Kier molecular flexibility index (Phi) is 4.25. The smallest absolute Gasteiger partial charge is 0.0937 e. The van der Waals surface area contributed by atoms with Crippen LogP contribution in [0.5, 0.6) is 0 Å². The molecule has 2 aromatic rings. The highest BCUT2D eigenvalue weighted by atomic mass is 32.1. The first-order valence-electron chi connectivity index (χ1n) is 5.72. The van der Waals surface area contributed by atoms with E-state index in [9.17, 15) is 0 Å². The van der Waals surface area contributed by atoms with Crippen molar-refractivity contribution in [3.8, 4) is 0 Å². The summed E-state index contributed by atoms with van der Waals surface area (Å²) in [5.41, 5.74) is 1.19. The van der Waals surface area contributed by atoms with Gasteiger partial charge in [-0.05, 0) is 20.8 Å². The van der Waals surface area contributed by atoms with E-state index in [0.717, 1.165) is 18.0 Å². The maximum atomic E-state index is 4.57. The predicted octanol–water partition coefficient (Wildman–Crippen LogP) is 3.11. The molecule has 0 aliphatic carbocycles. The molecular weight excluding hydrogens is 250 g/mol. The summed E-state index contributed by atoms with van der Waals surface area (Å²) in [6.07, 6.45) is 2.85. The minimum Gasteiger partial charge on any atom is -0.308 e. The van der Waals surface area contributed by atoms with E-state index in [-0.39, 0.29) is 0 Å². The van der Waals surface area contributed by atoms with Gasteiger partial charge in [0, 0.05) is 35.5 Å². The highest BCUT2D eigenvalue weighted by molar-refractivity contribution is 7.11. The molecule has 1 N–H and O–H groups in total. The summed E-state index contributed by atoms with van der Waals surface area (Å²) in [4.78, 5) is 10.2. The molecule has 92 valence electrons. The molecule has 0 aliphatic rings. The molecule has 0 spiro atoms. The second-order valence-electron chi connectivity index (χ2n) is 4.03. The van der Waals surface area contributed by atoms with E-state index in [4.69, 9.17) is 0 Å². The van der Waals surface area contributed by atoms with Crippen molar-refractivity contribution in [2.24, 2.45) is 0 Å². The van der Waals surface area contributed by atoms with Crippen LogP contribution in [0.1, 0.15) is 33.6 Å². The summed E-state index contributed by atoms with van der Waals surface area (Å²) < 4.78 is 0. The van der Waals surface area contributed by atoms with Crippen molar-refractivity contribution in [3.63, 3.8) is 0 Å². The average Bonchev–Trinajstić information content (AvgIpc) is 2.88. The second kappa shape index (κ2) is 5.71. The lowest BCUT2D eigenvalue weighted by Crippen LogP contribution is -2.22. The van der Waals surface area contributed by atoms with E-state index >= 15 is 0 Å². The Bertz CT molecular complexity index is 462. The summed E-state index contributed by atoms with van der Waals surface area (Å²) in [5.74, 6) is 0. The molecule has 0 aromatic carbocycles. The number of hydrogen-bond acceptors (Lipinski definition) is 5. The minimum atomic E-state index is 0.319. The largest absolute Gasteiger partial charge is 0.308 e. The van der Waals surface area contributed by atoms with Gasteiger partial charge in [0.25, 0.3) is 0 Å². The van der Waals surface area contributed by atoms with Gasteiger partial charge in [-0.3, -0.25) is 0 Å². The molecule has 17 heavy (non-hydrogen) atoms. The van der Waals surface area contributed by atoms with Crippen molar-refractivity contribution < 1.29 is 0 Å². The quantitative estimate of drug-likeness (QED) is 0.904. The van der Waals surface area contributed by atoms with Gasteiger partial charge in [0.15, 0.2) is 0 Å². The third-order valence-corrected chi connectivity index (χ3v) is 4.36. The summed E-state index contributed by atoms with van der Waals surface area (Å²) in [6, 6.07) is 0.319. The zero-order chi connectivity index (χ0) is 12.3. The zero-order valence-corrected chi connectivity index (χ0v) is 12.0. The third kappa shape index (κ3) is 3.34. The standard InChI is InChI=1S/C12H17N3S2/c1-8(12-9(2)17-10(3)15-12)13-5-4-11-14-6-7-16-11/h6-8,13H,4-5H2,1-3H3. The Balaban J connectivity index is 1.85. The van der Waals surface area contributed by atoms with Crippen LogP contribution in [0.3, 0.4) is 0 Å². The van der Waals surface area contributed by atoms with Gasteiger partial charge in [0.1, 0.15) is 0 Å². The Labute approximate surface area is 110 Å². The lowest BCUT2D eigenvalue weighted by Gasteiger charge is -2.11. The number of aryl methyl sites for hydroxylation is 2. The first-order valence-corrected chi connectivity index (χ1v) is 7.42. The van der Waals surface area contributed by atoms with Crippen LogP contribution in [-0.2, 0) is 6.42 Å². The Hall–Kier alpha value is -0.780.